The summed E-state index contributed by atoms with van der Waals surface area (Å²) in [5.41, 5.74) is 4.74. The molecule has 0 atom stereocenters. The minimum atomic E-state index is -0.999. The van der Waals surface area contributed by atoms with Gasteiger partial charge in [0.1, 0.15) is 0 Å². The largest absolute Gasteiger partial charge is 0.481 e. The van der Waals surface area contributed by atoms with E-state index in [1.807, 2.05) is 24.3 Å². The van der Waals surface area contributed by atoms with Gasteiger partial charge in [0.05, 0.1) is 11.3 Å². The van der Waals surface area contributed by atoms with Gasteiger partial charge >= 0.3 is 5.97 Å². The molecule has 3 N–H and O–H groups in total. The summed E-state index contributed by atoms with van der Waals surface area (Å²) >= 11 is 12.4. The number of carboxylic acid groups (broad SMARTS) is 1. The Morgan fingerprint density at radius 1 is 1.00 bits per heavy atom. The van der Waals surface area contributed by atoms with Gasteiger partial charge in [-0.15, -0.1) is 0 Å². The van der Waals surface area contributed by atoms with Crippen LogP contribution in [0.15, 0.2) is 84.8 Å². The normalized spacial score (nSPS) is 13.2. The van der Waals surface area contributed by atoms with Crippen molar-refractivity contribution < 1.29 is 19.6 Å². The molecule has 11 heteroatoms. The highest BCUT2D eigenvalue weighted by Gasteiger charge is 2.19. The van der Waals surface area contributed by atoms with Crippen molar-refractivity contribution in [2.75, 3.05) is 16.8 Å². The standard InChI is InChI=1S/C31H30Cl2N4O5/c32-25-16-26(33)18-27(17-25)35-29(20-37(41)42)36(28-12-10-23(11-13-28)22-4-2-1-3-5-22)19-21-6-8-24(9-7-21)31(40)34-15-14-30(38)39/h4,6-13,16-18,20,35H,1-3,5,14-15,19H2,(H,34,40)(H,38,39)/b29-20-. The number of hydrogen-bond acceptors (Lipinski definition) is 6. The highest BCUT2D eigenvalue weighted by molar-refractivity contribution is 6.35. The highest BCUT2D eigenvalue weighted by Crippen LogP contribution is 2.31. The number of benzene rings is 3. The second kappa shape index (κ2) is 14.5. The van der Waals surface area contributed by atoms with E-state index in [1.54, 1.807) is 47.4 Å². The van der Waals surface area contributed by atoms with Gasteiger partial charge in [-0.05, 0) is 84.8 Å². The lowest BCUT2D eigenvalue weighted by molar-refractivity contribution is -0.403. The summed E-state index contributed by atoms with van der Waals surface area (Å²) in [6, 6.07) is 19.5. The molecule has 1 aliphatic carbocycles. The maximum absolute atomic E-state index is 12.4. The molecule has 1 aliphatic rings. The molecule has 0 radical (unpaired) electrons. The average Bonchev–Trinajstić information content (AvgIpc) is 2.95. The molecule has 0 heterocycles. The zero-order chi connectivity index (χ0) is 30.1. The summed E-state index contributed by atoms with van der Waals surface area (Å²) in [5.74, 6) is -1.21. The average molecular weight is 610 g/mol. The van der Waals surface area contributed by atoms with Crippen molar-refractivity contribution in [3.8, 4) is 0 Å². The van der Waals surface area contributed by atoms with Crippen molar-refractivity contribution in [3.63, 3.8) is 0 Å². The summed E-state index contributed by atoms with van der Waals surface area (Å²) < 4.78 is 0. The first kappa shape index (κ1) is 30.6. The topological polar surface area (TPSA) is 125 Å². The molecule has 218 valence electrons. The Kier molecular flexibility index (Phi) is 10.6. The summed E-state index contributed by atoms with van der Waals surface area (Å²) in [5, 5.41) is 27.0. The third kappa shape index (κ3) is 8.83. The van der Waals surface area contributed by atoms with Gasteiger partial charge in [0.2, 0.25) is 0 Å². The molecular weight excluding hydrogens is 579 g/mol. The Morgan fingerprint density at radius 2 is 1.69 bits per heavy atom. The third-order valence-corrected chi connectivity index (χ3v) is 7.11. The van der Waals surface area contributed by atoms with Gasteiger partial charge < -0.3 is 20.6 Å². The third-order valence-electron chi connectivity index (χ3n) is 6.68. The molecule has 0 saturated heterocycles. The fourth-order valence-corrected chi connectivity index (χ4v) is 5.17. The molecule has 3 aromatic carbocycles. The van der Waals surface area contributed by atoms with E-state index in [-0.39, 0.29) is 31.2 Å². The number of halogens is 2. The molecule has 9 nitrogen and oxygen atoms in total. The monoisotopic (exact) mass is 608 g/mol. The number of nitrogens with zero attached hydrogens (tertiary/aromatic N) is 2. The molecule has 4 rings (SSSR count). The van der Waals surface area contributed by atoms with Crippen LogP contribution in [-0.2, 0) is 11.3 Å². The molecule has 1 amide bonds. The van der Waals surface area contributed by atoms with Crippen LogP contribution in [0, 0.1) is 10.1 Å². The fraction of sp³-hybridized carbons (Fsp3) is 0.226. The van der Waals surface area contributed by atoms with Crippen LogP contribution in [-0.4, -0.2) is 28.5 Å². The number of carboxylic acids is 1. The molecular formula is C31H30Cl2N4O5. The lowest BCUT2D eigenvalue weighted by Gasteiger charge is -2.27. The van der Waals surface area contributed by atoms with E-state index in [0.717, 1.165) is 36.6 Å². The zero-order valence-electron chi connectivity index (χ0n) is 22.7. The van der Waals surface area contributed by atoms with Crippen LogP contribution in [0.3, 0.4) is 0 Å². The van der Waals surface area contributed by atoms with E-state index in [2.05, 4.69) is 16.7 Å². The van der Waals surface area contributed by atoms with Gasteiger partial charge in [-0.2, -0.15) is 0 Å². The number of nitro groups is 1. The van der Waals surface area contributed by atoms with E-state index < -0.39 is 10.9 Å². The van der Waals surface area contributed by atoms with E-state index in [1.165, 1.54) is 12.0 Å². The zero-order valence-corrected chi connectivity index (χ0v) is 24.2. The summed E-state index contributed by atoms with van der Waals surface area (Å²) in [4.78, 5) is 36.1. The van der Waals surface area contributed by atoms with Crippen molar-refractivity contribution in [1.29, 1.82) is 0 Å². The van der Waals surface area contributed by atoms with Crippen LogP contribution in [0.4, 0.5) is 11.4 Å². The van der Waals surface area contributed by atoms with Gasteiger partial charge in [0.25, 0.3) is 12.1 Å². The minimum Gasteiger partial charge on any atom is -0.481 e. The molecule has 0 spiro atoms. The van der Waals surface area contributed by atoms with Gasteiger partial charge in [0.15, 0.2) is 5.82 Å². The second-order valence-corrected chi connectivity index (χ2v) is 10.7. The fourth-order valence-electron chi connectivity index (χ4n) is 4.64. The minimum absolute atomic E-state index is 0.0187. The Balaban J connectivity index is 1.65. The van der Waals surface area contributed by atoms with Crippen molar-refractivity contribution in [3.05, 3.63) is 122 Å². The summed E-state index contributed by atoms with van der Waals surface area (Å²) in [6.45, 7) is 0.245. The Labute approximate surface area is 253 Å². The van der Waals surface area contributed by atoms with E-state index in [4.69, 9.17) is 28.3 Å². The van der Waals surface area contributed by atoms with Crippen LogP contribution in [0.2, 0.25) is 10.0 Å². The molecule has 0 aromatic heterocycles. The summed E-state index contributed by atoms with van der Waals surface area (Å²) in [7, 11) is 0. The highest BCUT2D eigenvalue weighted by atomic mass is 35.5. The molecule has 42 heavy (non-hydrogen) atoms. The maximum Gasteiger partial charge on any atom is 0.305 e. The molecule has 3 aromatic rings. The first-order chi connectivity index (χ1) is 20.2. The molecule has 0 aliphatic heterocycles. The SMILES string of the molecule is O=C(O)CCNC(=O)c1ccc(CN(/C(=C\[N+](=O)[O-])Nc2cc(Cl)cc(Cl)c2)c2ccc(C3=CCCCC3)cc2)cc1. The maximum atomic E-state index is 12.4. The van der Waals surface area contributed by atoms with Crippen LogP contribution in [0.1, 0.15) is 53.6 Å². The predicted molar refractivity (Wildman–Crippen MR) is 165 cm³/mol. The van der Waals surface area contributed by atoms with Gasteiger partial charge in [0, 0.05) is 40.1 Å². The Hall–Kier alpha value is -4.34. The summed E-state index contributed by atoms with van der Waals surface area (Å²) in [6.07, 6.45) is 7.38. The number of nitrogens with one attached hydrogen (secondary N) is 2. The number of carbonyl (C=O) groups excluding carboxylic acids is 1. The van der Waals surface area contributed by atoms with Crippen LogP contribution < -0.4 is 15.5 Å². The van der Waals surface area contributed by atoms with Gasteiger partial charge in [-0.1, -0.05) is 53.5 Å². The number of rotatable bonds is 12. The number of hydrogen-bond donors (Lipinski definition) is 3. The number of allylic oxidation sites excluding steroid dienone is 2. The quantitative estimate of drug-likeness (QED) is 0.145. The Bertz CT molecular complexity index is 1480. The van der Waals surface area contributed by atoms with Crippen LogP contribution in [0.25, 0.3) is 5.57 Å². The van der Waals surface area contributed by atoms with Gasteiger partial charge in [-0.25, -0.2) is 0 Å². The van der Waals surface area contributed by atoms with E-state index in [0.29, 0.717) is 27.0 Å². The molecule has 0 saturated carbocycles. The van der Waals surface area contributed by atoms with Gasteiger partial charge in [-0.3, -0.25) is 19.7 Å². The Morgan fingerprint density at radius 3 is 2.29 bits per heavy atom. The first-order valence-corrected chi connectivity index (χ1v) is 14.2. The van der Waals surface area contributed by atoms with E-state index in [9.17, 15) is 19.7 Å². The van der Waals surface area contributed by atoms with Crippen molar-refractivity contribution in [1.82, 2.24) is 5.32 Å². The molecule has 0 bridgehead atoms. The number of anilines is 2. The smallest absolute Gasteiger partial charge is 0.305 e. The van der Waals surface area contributed by atoms with Crippen LogP contribution in [0.5, 0.6) is 0 Å². The molecule has 0 fully saturated rings. The van der Waals surface area contributed by atoms with Crippen molar-refractivity contribution >= 4 is 52.0 Å². The van der Waals surface area contributed by atoms with Crippen molar-refractivity contribution in [2.45, 2.75) is 38.6 Å². The second-order valence-electron chi connectivity index (χ2n) is 9.79. The predicted octanol–water partition coefficient (Wildman–Crippen LogP) is 7.35. The van der Waals surface area contributed by atoms with E-state index >= 15 is 0 Å². The number of amides is 1. The lowest BCUT2D eigenvalue weighted by atomic mass is 9.93. The first-order valence-electron chi connectivity index (χ1n) is 13.4. The van der Waals surface area contributed by atoms with Crippen LogP contribution >= 0.6 is 23.2 Å². The molecule has 0 unspecified atom stereocenters. The number of aliphatic carboxylic acids is 1. The lowest BCUT2D eigenvalue weighted by Crippen LogP contribution is -2.28. The number of carbonyl (C=O) groups is 2. The van der Waals surface area contributed by atoms with Crippen molar-refractivity contribution in [2.24, 2.45) is 0 Å².